The summed E-state index contributed by atoms with van der Waals surface area (Å²) >= 11 is 0. The van der Waals surface area contributed by atoms with E-state index < -0.39 is 112 Å². The van der Waals surface area contributed by atoms with Crippen LogP contribution in [0.1, 0.15) is 0 Å². The zero-order chi connectivity index (χ0) is 26.6. The highest BCUT2D eigenvalue weighted by Crippen LogP contribution is 2.28. The first-order valence-electron chi connectivity index (χ1n) is 10.7. The van der Waals surface area contributed by atoms with Crippen LogP contribution in [0.4, 0.5) is 0 Å². The Kier molecular flexibility index (Phi) is 11.5. The summed E-state index contributed by atoms with van der Waals surface area (Å²) < 4.78 is 20.0. The van der Waals surface area contributed by atoms with E-state index in [4.69, 9.17) is 40.0 Å². The number of aliphatic hydroxyl groups is 12. The van der Waals surface area contributed by atoms with E-state index in [0.717, 1.165) is 0 Å². The number of rotatable bonds is 5. The molecule has 0 radical (unpaired) electrons. The van der Waals surface area contributed by atoms with Gasteiger partial charge in [0.05, 0.1) is 25.9 Å². The predicted octanol–water partition coefficient (Wildman–Crippen LogP) is -8.65. The molecule has 208 valence electrons. The second kappa shape index (κ2) is 13.2. The van der Waals surface area contributed by atoms with Crippen LogP contribution in [0.15, 0.2) is 0 Å². The van der Waals surface area contributed by atoms with E-state index >= 15 is 0 Å². The van der Waals surface area contributed by atoms with Crippen molar-refractivity contribution in [1.29, 1.82) is 0 Å². The summed E-state index contributed by atoms with van der Waals surface area (Å²) in [5, 5.41) is 113. The van der Waals surface area contributed by atoms with E-state index in [1.807, 2.05) is 0 Å². The molecule has 0 spiro atoms. The highest BCUT2D eigenvalue weighted by molar-refractivity contribution is 4.94. The molecule has 0 aromatic rings. The van der Waals surface area contributed by atoms with Crippen LogP contribution in [0, 0.1) is 0 Å². The van der Waals surface area contributed by atoms with Gasteiger partial charge in [-0.15, -0.1) is 0 Å². The number of ether oxygens (including phenoxy) is 4. The Morgan fingerprint density at radius 2 is 1.00 bits per heavy atom. The lowest BCUT2D eigenvalue weighted by Gasteiger charge is -2.45. The van der Waals surface area contributed by atoms with Crippen molar-refractivity contribution in [3.63, 3.8) is 0 Å². The zero-order valence-corrected chi connectivity index (χ0v) is 18.4. The fourth-order valence-electron chi connectivity index (χ4n) is 3.69. The summed E-state index contributed by atoms with van der Waals surface area (Å²) in [5.41, 5.74) is 5.26. The topological polar surface area (TPSA) is 306 Å². The van der Waals surface area contributed by atoms with Crippen molar-refractivity contribution in [3.8, 4) is 0 Å². The first-order valence-corrected chi connectivity index (χ1v) is 10.7. The molecule has 0 bridgehead atoms. The molecule has 0 aromatic heterocycles. The second-order valence-corrected chi connectivity index (χ2v) is 8.33. The van der Waals surface area contributed by atoms with Gasteiger partial charge in [-0.2, -0.15) is 0 Å². The molecule has 17 nitrogen and oxygen atoms in total. The van der Waals surface area contributed by atoms with Gasteiger partial charge in [0.1, 0.15) is 67.1 Å². The summed E-state index contributed by atoms with van der Waals surface area (Å²) in [7, 11) is 0. The molecule has 3 aliphatic heterocycles. The molecule has 35 heavy (non-hydrogen) atoms. The second-order valence-electron chi connectivity index (χ2n) is 8.33. The van der Waals surface area contributed by atoms with Crippen molar-refractivity contribution < 1.29 is 80.2 Å². The molecule has 3 heterocycles. The lowest BCUT2D eigenvalue weighted by Crippen LogP contribution is -2.64. The third kappa shape index (κ3) is 6.80. The van der Waals surface area contributed by atoms with Crippen molar-refractivity contribution >= 4 is 0 Å². The molecule has 0 aromatic carbocycles. The van der Waals surface area contributed by atoms with E-state index in [0.29, 0.717) is 0 Å². The minimum Gasteiger partial charge on any atom is -0.394 e. The molecule has 0 amide bonds. The van der Waals surface area contributed by atoms with Crippen LogP contribution < -0.4 is 5.73 Å². The van der Waals surface area contributed by atoms with Crippen LogP contribution in [0.5, 0.6) is 0 Å². The molecule has 0 saturated carbocycles. The van der Waals surface area contributed by atoms with Crippen molar-refractivity contribution in [1.82, 2.24) is 0 Å². The van der Waals surface area contributed by atoms with Gasteiger partial charge >= 0.3 is 0 Å². The van der Waals surface area contributed by atoms with Crippen LogP contribution in [-0.4, -0.2) is 173 Å². The Morgan fingerprint density at radius 3 is 1.54 bits per heavy atom. The molecule has 0 aliphatic carbocycles. The summed E-state index contributed by atoms with van der Waals surface area (Å²) in [6, 6.07) is -1.04. The van der Waals surface area contributed by atoms with Crippen LogP contribution in [0.2, 0.25) is 0 Å². The highest BCUT2D eigenvalue weighted by atomic mass is 16.7. The van der Waals surface area contributed by atoms with Crippen molar-refractivity contribution in [2.24, 2.45) is 5.73 Å². The SMILES string of the molecule is N[C@@H]1[C@@H](O)[C@H](O)[C@@H](CO)O[C@H]1O.OC[C@H]1O[C@@H](O[C@H]2[C@H](O)[C@@H](O)[C@H](O)O[C@@H]2CO)[C@H](O)[C@@H](O)[C@H]1O. The maximum absolute atomic E-state index is 9.94. The largest absolute Gasteiger partial charge is 0.394 e. The van der Waals surface area contributed by atoms with E-state index in [-0.39, 0.29) is 0 Å². The van der Waals surface area contributed by atoms with E-state index in [1.165, 1.54) is 0 Å². The lowest BCUT2D eigenvalue weighted by molar-refractivity contribution is -0.355. The van der Waals surface area contributed by atoms with Crippen LogP contribution in [0.25, 0.3) is 0 Å². The Bertz CT molecular complexity index is 625. The van der Waals surface area contributed by atoms with Gasteiger partial charge in [0.25, 0.3) is 0 Å². The Hall–Kier alpha value is -0.680. The average Bonchev–Trinajstić information content (AvgIpc) is 2.85. The van der Waals surface area contributed by atoms with E-state index in [1.54, 1.807) is 0 Å². The molecule has 3 fully saturated rings. The summed E-state index contributed by atoms with van der Waals surface area (Å²) in [6.45, 7) is -1.82. The maximum Gasteiger partial charge on any atom is 0.187 e. The highest BCUT2D eigenvalue weighted by Gasteiger charge is 2.50. The molecule has 0 unspecified atom stereocenters. The van der Waals surface area contributed by atoms with Crippen molar-refractivity contribution in [2.75, 3.05) is 19.8 Å². The Morgan fingerprint density at radius 1 is 0.514 bits per heavy atom. The molecule has 17 heteroatoms. The number of hydrogen-bond donors (Lipinski definition) is 13. The van der Waals surface area contributed by atoms with Gasteiger partial charge < -0.3 is 86.0 Å². The standard InChI is InChI=1S/C12H22O11.C6H13NO5/c13-1-3-5(15)6(16)9(19)12(22-3)23-10-4(2-14)21-11(20)8(18)7(10)17;7-3-5(10)4(9)2(1-8)12-6(3)11/h3-20H,1-2H2;2-6,8-11H,1,7H2/t3-,4-,5+,6+,7-,8-,9-,10-,11-,12+;2-,3-,4-,5-,6-/m11/s1. The first kappa shape index (κ1) is 30.5. The molecule has 3 rings (SSSR count). The van der Waals surface area contributed by atoms with Gasteiger partial charge in [0.2, 0.25) is 0 Å². The fraction of sp³-hybridized carbons (Fsp3) is 1.00. The minimum absolute atomic E-state index is 0.470. The van der Waals surface area contributed by atoms with Crippen molar-refractivity contribution in [3.05, 3.63) is 0 Å². The molecular formula is C18H35NO16. The summed E-state index contributed by atoms with van der Waals surface area (Å²) in [6.07, 6.45) is -20.4. The van der Waals surface area contributed by atoms with Crippen LogP contribution in [-0.2, 0) is 18.9 Å². The first-order chi connectivity index (χ1) is 16.4. The molecule has 3 aliphatic rings. The molecule has 14 N–H and O–H groups in total. The summed E-state index contributed by atoms with van der Waals surface area (Å²) in [4.78, 5) is 0. The number of aliphatic hydroxyl groups excluding tert-OH is 12. The van der Waals surface area contributed by atoms with E-state index in [2.05, 4.69) is 0 Å². The van der Waals surface area contributed by atoms with Gasteiger partial charge in [-0.05, 0) is 0 Å². The number of hydrogen-bond acceptors (Lipinski definition) is 17. The van der Waals surface area contributed by atoms with Crippen LogP contribution in [0.3, 0.4) is 0 Å². The molecule has 3 saturated heterocycles. The van der Waals surface area contributed by atoms with Gasteiger partial charge in [0.15, 0.2) is 18.9 Å². The molecular weight excluding hydrogens is 486 g/mol. The number of nitrogens with two attached hydrogens (primary N) is 1. The Labute approximate surface area is 198 Å². The normalized spacial score (nSPS) is 50.8. The summed E-state index contributed by atoms with van der Waals surface area (Å²) in [5.74, 6) is 0. The van der Waals surface area contributed by atoms with Gasteiger partial charge in [-0.1, -0.05) is 0 Å². The average molecular weight is 521 g/mol. The quantitative estimate of drug-likeness (QED) is 0.160. The van der Waals surface area contributed by atoms with Crippen LogP contribution >= 0.6 is 0 Å². The maximum atomic E-state index is 9.94. The van der Waals surface area contributed by atoms with Gasteiger partial charge in [-0.25, -0.2) is 0 Å². The van der Waals surface area contributed by atoms with Crippen molar-refractivity contribution in [2.45, 2.75) is 92.1 Å². The van der Waals surface area contributed by atoms with Gasteiger partial charge in [0, 0.05) is 0 Å². The van der Waals surface area contributed by atoms with Gasteiger partial charge in [-0.3, -0.25) is 0 Å². The molecule has 15 atom stereocenters. The zero-order valence-electron chi connectivity index (χ0n) is 18.4. The van der Waals surface area contributed by atoms with E-state index in [9.17, 15) is 46.0 Å². The lowest BCUT2D eigenvalue weighted by atomic mass is 9.97. The Balaban J connectivity index is 0.000000303. The fourth-order valence-corrected chi connectivity index (χ4v) is 3.69. The predicted molar refractivity (Wildman–Crippen MR) is 107 cm³/mol. The monoisotopic (exact) mass is 521 g/mol. The smallest absolute Gasteiger partial charge is 0.187 e. The third-order valence-corrected chi connectivity index (χ3v) is 5.93. The minimum atomic E-state index is -1.74. The third-order valence-electron chi connectivity index (χ3n) is 5.93.